The van der Waals surface area contributed by atoms with E-state index < -0.39 is 0 Å². The molecule has 0 saturated carbocycles. The van der Waals surface area contributed by atoms with Crippen molar-refractivity contribution in [2.24, 2.45) is 5.16 Å². The Morgan fingerprint density at radius 2 is 2.12 bits per heavy atom. The highest BCUT2D eigenvalue weighted by Gasteiger charge is 1.87. The van der Waals surface area contributed by atoms with Gasteiger partial charge in [-0.15, -0.1) is 0 Å². The van der Waals surface area contributed by atoms with Crippen LogP contribution in [0.15, 0.2) is 17.5 Å². The molecule has 0 saturated heterocycles. The zero-order valence-electron chi connectivity index (χ0n) is 5.01. The van der Waals surface area contributed by atoms with Crippen molar-refractivity contribution >= 4 is 5.90 Å². The minimum Gasteiger partial charge on any atom is -0.445 e. The van der Waals surface area contributed by atoms with Gasteiger partial charge in [0.15, 0.2) is 0 Å². The van der Waals surface area contributed by atoms with Gasteiger partial charge >= 0.3 is 0 Å². The molecule has 0 radical (unpaired) electrons. The molecule has 0 spiro atoms. The molecule has 0 aliphatic rings. The third kappa shape index (κ3) is 3.21. The first-order valence-corrected chi connectivity index (χ1v) is 2.19. The van der Waals surface area contributed by atoms with Gasteiger partial charge in [-0.2, -0.15) is 0 Å². The van der Waals surface area contributed by atoms with Crippen molar-refractivity contribution in [3.8, 4) is 0 Å². The summed E-state index contributed by atoms with van der Waals surface area (Å²) in [6.07, 6.45) is 0. The minimum absolute atomic E-state index is 0.206. The average Bonchev–Trinajstić information content (AvgIpc) is 1.65. The predicted octanol–water partition coefficient (Wildman–Crippen LogP) is 1.34. The third-order valence-electron chi connectivity index (χ3n) is 0.463. The molecule has 0 atom stereocenters. The van der Waals surface area contributed by atoms with Gasteiger partial charge in [0.05, 0.1) is 5.76 Å². The zero-order chi connectivity index (χ0) is 6.57. The number of hydrogen-bond donors (Lipinski definition) is 1. The fourth-order valence-corrected chi connectivity index (χ4v) is 0.273. The molecule has 0 aromatic heterocycles. The Balaban J connectivity index is 3.56. The molecule has 0 aliphatic heterocycles. The van der Waals surface area contributed by atoms with Crippen LogP contribution in [0.1, 0.15) is 13.8 Å². The lowest BCUT2D eigenvalue weighted by Gasteiger charge is -1.97. The maximum Gasteiger partial charge on any atom is 0.227 e. The van der Waals surface area contributed by atoms with Crippen LogP contribution in [0, 0.1) is 0 Å². The minimum atomic E-state index is 0.206. The lowest BCUT2D eigenvalue weighted by Crippen LogP contribution is -1.95. The Bertz CT molecular complexity index is 118. The Kier molecular flexibility index (Phi) is 2.69. The Morgan fingerprint density at radius 1 is 1.62 bits per heavy atom. The van der Waals surface area contributed by atoms with Crippen LogP contribution in [0.2, 0.25) is 0 Å². The quantitative estimate of drug-likeness (QED) is 0.184. The number of allylic oxidation sites excluding steroid dienone is 1. The van der Waals surface area contributed by atoms with Crippen molar-refractivity contribution < 1.29 is 9.94 Å². The van der Waals surface area contributed by atoms with Crippen LogP contribution in [-0.2, 0) is 4.74 Å². The summed E-state index contributed by atoms with van der Waals surface area (Å²) in [6.45, 7) is 6.64. The van der Waals surface area contributed by atoms with Gasteiger partial charge in [0, 0.05) is 6.92 Å². The predicted molar refractivity (Wildman–Crippen MR) is 30.8 cm³/mol. The summed E-state index contributed by atoms with van der Waals surface area (Å²) in [6, 6.07) is 0. The van der Waals surface area contributed by atoms with E-state index in [0.29, 0.717) is 5.76 Å². The summed E-state index contributed by atoms with van der Waals surface area (Å²) in [4.78, 5) is 0. The smallest absolute Gasteiger partial charge is 0.227 e. The molecule has 0 fully saturated rings. The van der Waals surface area contributed by atoms with Crippen LogP contribution < -0.4 is 0 Å². The third-order valence-corrected chi connectivity index (χ3v) is 0.463. The largest absolute Gasteiger partial charge is 0.445 e. The van der Waals surface area contributed by atoms with E-state index in [1.165, 1.54) is 6.92 Å². The monoisotopic (exact) mass is 115 g/mol. The topological polar surface area (TPSA) is 41.8 Å². The zero-order valence-corrected chi connectivity index (χ0v) is 5.01. The van der Waals surface area contributed by atoms with Crippen LogP contribution in [0.3, 0.4) is 0 Å². The number of oxime groups is 1. The summed E-state index contributed by atoms with van der Waals surface area (Å²) in [5.74, 6) is 0.720. The fraction of sp³-hybridized carbons (Fsp3) is 0.400. The molecular weight excluding hydrogens is 106 g/mol. The van der Waals surface area contributed by atoms with Crippen molar-refractivity contribution in [1.29, 1.82) is 0 Å². The molecule has 0 aromatic rings. The van der Waals surface area contributed by atoms with Crippen molar-refractivity contribution in [3.05, 3.63) is 12.3 Å². The van der Waals surface area contributed by atoms with Gasteiger partial charge in [0.1, 0.15) is 0 Å². The second-order valence-electron chi connectivity index (χ2n) is 1.42. The first-order chi connectivity index (χ1) is 3.66. The molecule has 0 heterocycles. The van der Waals surface area contributed by atoms with E-state index in [4.69, 9.17) is 9.94 Å². The second kappa shape index (κ2) is 3.07. The van der Waals surface area contributed by atoms with Crippen molar-refractivity contribution in [2.45, 2.75) is 13.8 Å². The molecule has 0 bridgehead atoms. The summed E-state index contributed by atoms with van der Waals surface area (Å²) in [7, 11) is 0. The maximum absolute atomic E-state index is 8.01. The van der Waals surface area contributed by atoms with Crippen molar-refractivity contribution in [1.82, 2.24) is 0 Å². The van der Waals surface area contributed by atoms with Gasteiger partial charge < -0.3 is 9.94 Å². The van der Waals surface area contributed by atoms with E-state index in [1.54, 1.807) is 6.92 Å². The second-order valence-corrected chi connectivity index (χ2v) is 1.42. The van der Waals surface area contributed by atoms with Gasteiger partial charge in [-0.25, -0.2) is 0 Å². The van der Waals surface area contributed by atoms with Gasteiger partial charge in [-0.3, -0.25) is 0 Å². The van der Waals surface area contributed by atoms with Gasteiger partial charge in [0.25, 0.3) is 0 Å². The van der Waals surface area contributed by atoms with E-state index in [9.17, 15) is 0 Å². The lowest BCUT2D eigenvalue weighted by atomic mass is 10.6. The molecular formula is C5H9NO2. The lowest BCUT2D eigenvalue weighted by molar-refractivity contribution is 0.289. The van der Waals surface area contributed by atoms with Crippen LogP contribution >= 0.6 is 0 Å². The molecule has 1 N–H and O–H groups in total. The number of hydrogen-bond acceptors (Lipinski definition) is 3. The molecule has 46 valence electrons. The molecule has 0 aromatic carbocycles. The highest BCUT2D eigenvalue weighted by atomic mass is 16.5. The maximum atomic E-state index is 8.01. The number of nitrogens with zero attached hydrogens (tertiary/aromatic N) is 1. The summed E-state index contributed by atoms with van der Waals surface area (Å²) in [5, 5.41) is 10.8. The fourth-order valence-electron chi connectivity index (χ4n) is 0.273. The first-order valence-electron chi connectivity index (χ1n) is 2.19. The van der Waals surface area contributed by atoms with Gasteiger partial charge in [-0.1, -0.05) is 11.7 Å². The summed E-state index contributed by atoms with van der Waals surface area (Å²) < 4.78 is 4.70. The van der Waals surface area contributed by atoms with Crippen LogP contribution in [0.25, 0.3) is 0 Å². The molecule has 0 rings (SSSR count). The van der Waals surface area contributed by atoms with Crippen LogP contribution in [-0.4, -0.2) is 11.1 Å². The highest BCUT2D eigenvalue weighted by molar-refractivity contribution is 5.73. The first kappa shape index (κ1) is 7.01. The Hall–Kier alpha value is -0.990. The molecule has 0 aliphatic carbocycles. The average molecular weight is 115 g/mol. The Morgan fingerprint density at radius 3 is 2.25 bits per heavy atom. The highest BCUT2D eigenvalue weighted by Crippen LogP contribution is 1.90. The van der Waals surface area contributed by atoms with Gasteiger partial charge in [0.2, 0.25) is 5.90 Å². The van der Waals surface area contributed by atoms with E-state index in [1.807, 2.05) is 0 Å². The van der Waals surface area contributed by atoms with Crippen molar-refractivity contribution in [3.63, 3.8) is 0 Å². The summed E-state index contributed by atoms with van der Waals surface area (Å²) in [5.41, 5.74) is 0. The van der Waals surface area contributed by atoms with E-state index in [-0.39, 0.29) is 5.90 Å². The molecule has 0 unspecified atom stereocenters. The van der Waals surface area contributed by atoms with E-state index in [2.05, 4.69) is 11.7 Å². The normalized spacial score (nSPS) is 11.0. The molecule has 8 heavy (non-hydrogen) atoms. The van der Waals surface area contributed by atoms with E-state index >= 15 is 0 Å². The Labute approximate surface area is 48.3 Å². The van der Waals surface area contributed by atoms with Crippen molar-refractivity contribution in [2.75, 3.05) is 0 Å². The van der Waals surface area contributed by atoms with Crippen LogP contribution in [0.4, 0.5) is 0 Å². The molecule has 3 heteroatoms. The van der Waals surface area contributed by atoms with Gasteiger partial charge in [-0.05, 0) is 6.92 Å². The molecule has 0 amide bonds. The van der Waals surface area contributed by atoms with Crippen LogP contribution in [0.5, 0.6) is 0 Å². The SMILES string of the molecule is C=C(C)OC(C)=NO. The summed E-state index contributed by atoms with van der Waals surface area (Å²) >= 11 is 0. The standard InChI is InChI=1S/C5H9NO2/c1-4(2)8-5(3)6-7/h7H,1H2,2-3H3. The number of rotatable bonds is 1. The molecule has 3 nitrogen and oxygen atoms in total. The number of ether oxygens (including phenoxy) is 1. The van der Waals surface area contributed by atoms with E-state index in [0.717, 1.165) is 0 Å².